The molecule has 2 aromatic carbocycles. The number of hydrogen-bond acceptors (Lipinski definition) is 5. The zero-order valence-corrected chi connectivity index (χ0v) is 19.6. The van der Waals surface area contributed by atoms with E-state index in [9.17, 15) is 14.4 Å². The van der Waals surface area contributed by atoms with Crippen molar-refractivity contribution in [2.75, 3.05) is 20.3 Å². The van der Waals surface area contributed by atoms with Gasteiger partial charge in [0.1, 0.15) is 6.61 Å². The van der Waals surface area contributed by atoms with E-state index in [1.54, 1.807) is 0 Å². The van der Waals surface area contributed by atoms with Gasteiger partial charge >= 0.3 is 12.1 Å². The van der Waals surface area contributed by atoms with Gasteiger partial charge in [0, 0.05) is 38.5 Å². The van der Waals surface area contributed by atoms with Gasteiger partial charge in [-0.05, 0) is 35.1 Å². The van der Waals surface area contributed by atoms with Gasteiger partial charge in [-0.25, -0.2) is 9.59 Å². The molecule has 0 spiro atoms. The number of amides is 2. The molecule has 2 atom stereocenters. The summed E-state index contributed by atoms with van der Waals surface area (Å²) in [5, 5.41) is 14.5. The van der Waals surface area contributed by atoms with Crippen LogP contribution in [-0.2, 0) is 19.1 Å². The zero-order chi connectivity index (χ0) is 24.5. The molecule has 1 aliphatic carbocycles. The summed E-state index contributed by atoms with van der Waals surface area (Å²) in [5.74, 6) is -1.27. The smallest absolute Gasteiger partial charge is 0.407 e. The molecule has 0 heterocycles. The fourth-order valence-electron chi connectivity index (χ4n) is 4.26. The Kier molecular flexibility index (Phi) is 9.04. The number of carboxylic acid groups (broad SMARTS) is 1. The monoisotopic (exact) mass is 468 g/mol. The Balaban J connectivity index is 1.44. The topological polar surface area (TPSA) is 114 Å². The van der Waals surface area contributed by atoms with E-state index < -0.39 is 18.2 Å². The number of nitrogens with one attached hydrogen (secondary N) is 2. The summed E-state index contributed by atoms with van der Waals surface area (Å²) >= 11 is 0. The lowest BCUT2D eigenvalue weighted by Gasteiger charge is -2.19. The maximum Gasteiger partial charge on any atom is 0.407 e. The first-order valence-electron chi connectivity index (χ1n) is 11.6. The normalized spacial score (nSPS) is 13.9. The molecule has 2 amide bonds. The first kappa shape index (κ1) is 25.2. The number of hydrogen-bond donors (Lipinski definition) is 3. The van der Waals surface area contributed by atoms with Gasteiger partial charge in [-0.2, -0.15) is 0 Å². The van der Waals surface area contributed by atoms with Crippen LogP contribution in [0.2, 0.25) is 0 Å². The second kappa shape index (κ2) is 12.2. The predicted octanol–water partition coefficient (Wildman–Crippen LogP) is 3.69. The third-order valence-corrected chi connectivity index (χ3v) is 6.17. The van der Waals surface area contributed by atoms with E-state index in [1.165, 1.54) is 18.2 Å². The quantitative estimate of drug-likeness (QED) is 0.438. The molecule has 0 saturated carbocycles. The van der Waals surface area contributed by atoms with Gasteiger partial charge < -0.3 is 25.2 Å². The number of alkyl carbamates (subject to hydrolysis) is 1. The van der Waals surface area contributed by atoms with Crippen LogP contribution in [0.25, 0.3) is 11.1 Å². The maximum atomic E-state index is 12.5. The van der Waals surface area contributed by atoms with Gasteiger partial charge in [0.05, 0.1) is 0 Å². The summed E-state index contributed by atoms with van der Waals surface area (Å²) in [7, 11) is 1.32. The van der Waals surface area contributed by atoms with Gasteiger partial charge in [-0.15, -0.1) is 0 Å². The molecule has 1 aliphatic rings. The Hall–Kier alpha value is -3.39. The molecular weight excluding hydrogens is 436 g/mol. The highest BCUT2D eigenvalue weighted by Gasteiger charge is 2.29. The molecular formula is C26H32N2O6. The van der Waals surface area contributed by atoms with Crippen LogP contribution in [0.15, 0.2) is 48.5 Å². The Bertz CT molecular complexity index is 963. The SMILES string of the molecule is CCC(CCC(=O)NCCC(OC)C(=O)O)NC(=O)OCC1c2ccccc2-c2ccccc21. The van der Waals surface area contributed by atoms with Crippen molar-refractivity contribution in [2.24, 2.45) is 0 Å². The molecule has 34 heavy (non-hydrogen) atoms. The van der Waals surface area contributed by atoms with Crippen LogP contribution in [0.3, 0.4) is 0 Å². The fourth-order valence-corrected chi connectivity index (χ4v) is 4.26. The Labute approximate surface area is 199 Å². The molecule has 8 heteroatoms. The van der Waals surface area contributed by atoms with Gasteiger partial charge in [0.15, 0.2) is 6.10 Å². The average Bonchev–Trinajstić information content (AvgIpc) is 3.16. The fraction of sp³-hybridized carbons (Fsp3) is 0.423. The van der Waals surface area contributed by atoms with Crippen molar-refractivity contribution >= 4 is 18.0 Å². The number of carbonyl (C=O) groups is 3. The number of rotatable bonds is 12. The molecule has 8 nitrogen and oxygen atoms in total. The van der Waals surface area contributed by atoms with E-state index >= 15 is 0 Å². The molecule has 0 radical (unpaired) electrons. The molecule has 0 fully saturated rings. The van der Waals surface area contributed by atoms with Crippen molar-refractivity contribution in [3.63, 3.8) is 0 Å². The second-order valence-electron chi connectivity index (χ2n) is 8.31. The summed E-state index contributed by atoms with van der Waals surface area (Å²) in [4.78, 5) is 35.5. The minimum atomic E-state index is -1.06. The molecule has 2 aromatic rings. The molecule has 3 N–H and O–H groups in total. The van der Waals surface area contributed by atoms with Crippen molar-refractivity contribution < 1.29 is 29.0 Å². The number of carbonyl (C=O) groups excluding carboxylic acids is 2. The largest absolute Gasteiger partial charge is 0.479 e. The van der Waals surface area contributed by atoms with Crippen molar-refractivity contribution in [1.29, 1.82) is 0 Å². The number of ether oxygens (including phenoxy) is 2. The van der Waals surface area contributed by atoms with Gasteiger partial charge in [-0.1, -0.05) is 55.5 Å². The van der Waals surface area contributed by atoms with Crippen molar-refractivity contribution in [3.05, 3.63) is 59.7 Å². The van der Waals surface area contributed by atoms with Crippen molar-refractivity contribution in [2.45, 2.75) is 50.7 Å². The zero-order valence-electron chi connectivity index (χ0n) is 19.6. The van der Waals surface area contributed by atoms with Crippen LogP contribution in [0.1, 0.15) is 49.7 Å². The number of aliphatic carboxylic acids is 1. The van der Waals surface area contributed by atoms with Crippen LogP contribution in [0.5, 0.6) is 0 Å². The minimum absolute atomic E-state index is 0.00858. The summed E-state index contributed by atoms with van der Waals surface area (Å²) in [6.45, 7) is 2.38. The lowest BCUT2D eigenvalue weighted by molar-refractivity contribution is -0.149. The Morgan fingerprint density at radius 1 is 1.00 bits per heavy atom. The standard InChI is InChI=1S/C26H32N2O6/c1-3-17(12-13-24(29)27-15-14-23(33-2)25(30)31)28-26(32)34-16-22-20-10-6-4-8-18(20)19-9-5-7-11-21(19)22/h4-11,17,22-23H,3,12-16H2,1-2H3,(H,27,29)(H,28,32)(H,30,31). The average molecular weight is 469 g/mol. The Morgan fingerprint density at radius 3 is 2.18 bits per heavy atom. The maximum absolute atomic E-state index is 12.5. The van der Waals surface area contributed by atoms with E-state index in [4.69, 9.17) is 14.6 Å². The first-order chi connectivity index (χ1) is 16.4. The van der Waals surface area contributed by atoms with Gasteiger partial charge in [-0.3, -0.25) is 4.79 Å². The molecule has 3 rings (SSSR count). The van der Waals surface area contributed by atoms with Crippen LogP contribution < -0.4 is 10.6 Å². The summed E-state index contributed by atoms with van der Waals surface area (Å²) < 4.78 is 10.4. The number of carboxylic acids is 1. The van der Waals surface area contributed by atoms with E-state index in [0.29, 0.717) is 12.8 Å². The highest BCUT2D eigenvalue weighted by atomic mass is 16.5. The molecule has 182 valence electrons. The van der Waals surface area contributed by atoms with E-state index in [1.807, 2.05) is 31.2 Å². The van der Waals surface area contributed by atoms with Crippen molar-refractivity contribution in [1.82, 2.24) is 10.6 Å². The van der Waals surface area contributed by atoms with E-state index in [2.05, 4.69) is 34.9 Å². The van der Waals surface area contributed by atoms with Gasteiger partial charge in [0.2, 0.25) is 5.91 Å². The number of benzene rings is 2. The van der Waals surface area contributed by atoms with Gasteiger partial charge in [0.25, 0.3) is 0 Å². The number of methoxy groups -OCH3 is 1. The lowest BCUT2D eigenvalue weighted by Crippen LogP contribution is -2.37. The van der Waals surface area contributed by atoms with Crippen LogP contribution in [0.4, 0.5) is 4.79 Å². The summed E-state index contributed by atoms with van der Waals surface area (Å²) in [5.41, 5.74) is 4.65. The minimum Gasteiger partial charge on any atom is -0.479 e. The molecule has 0 aliphatic heterocycles. The molecule has 0 aromatic heterocycles. The molecule has 0 bridgehead atoms. The first-order valence-corrected chi connectivity index (χ1v) is 11.6. The van der Waals surface area contributed by atoms with E-state index in [0.717, 1.165) is 11.1 Å². The summed E-state index contributed by atoms with van der Waals surface area (Å²) in [6, 6.07) is 16.1. The second-order valence-corrected chi connectivity index (χ2v) is 8.31. The highest BCUT2D eigenvalue weighted by Crippen LogP contribution is 2.44. The Morgan fingerprint density at radius 2 is 1.62 bits per heavy atom. The highest BCUT2D eigenvalue weighted by molar-refractivity contribution is 5.79. The predicted molar refractivity (Wildman–Crippen MR) is 128 cm³/mol. The van der Waals surface area contributed by atoms with Crippen molar-refractivity contribution in [3.8, 4) is 11.1 Å². The van der Waals surface area contributed by atoms with Crippen LogP contribution in [0, 0.1) is 0 Å². The van der Waals surface area contributed by atoms with E-state index in [-0.39, 0.29) is 43.9 Å². The van der Waals surface area contributed by atoms with Crippen LogP contribution in [-0.4, -0.2) is 55.5 Å². The number of fused-ring (bicyclic) bond motifs is 3. The lowest BCUT2D eigenvalue weighted by atomic mass is 9.98. The third-order valence-electron chi connectivity index (χ3n) is 6.17. The third kappa shape index (κ3) is 6.35. The summed E-state index contributed by atoms with van der Waals surface area (Å²) in [6.07, 6.45) is 0.0681. The molecule has 0 saturated heterocycles. The van der Waals surface area contributed by atoms with Crippen LogP contribution >= 0.6 is 0 Å². The molecule has 2 unspecified atom stereocenters.